The molecule has 0 aliphatic heterocycles. The average molecular weight is 450 g/mol. The van der Waals surface area contributed by atoms with Crippen LogP contribution >= 0.6 is 11.6 Å². The quantitative estimate of drug-likeness (QED) is 0.303. The van der Waals surface area contributed by atoms with E-state index < -0.39 is 10.7 Å². The van der Waals surface area contributed by atoms with E-state index in [9.17, 15) is 19.3 Å². The first-order valence-electron chi connectivity index (χ1n) is 8.90. The normalized spacial score (nSPS) is 10.6. The molecule has 0 atom stereocenters. The Morgan fingerprint density at radius 3 is 2.71 bits per heavy atom. The van der Waals surface area contributed by atoms with Crippen LogP contribution in [0.25, 0.3) is 10.9 Å². The van der Waals surface area contributed by atoms with Gasteiger partial charge >= 0.3 is 5.69 Å². The minimum absolute atomic E-state index is 0.0135. The van der Waals surface area contributed by atoms with Gasteiger partial charge in [-0.05, 0) is 6.07 Å². The number of aromatic nitrogens is 2. The Morgan fingerprint density at radius 1 is 1.26 bits per heavy atom. The van der Waals surface area contributed by atoms with Crippen LogP contribution < -0.4 is 20.1 Å². The second-order valence-corrected chi connectivity index (χ2v) is 6.65. The maximum atomic E-state index is 14.3. The smallest absolute Gasteiger partial charge is 0.311 e. The lowest BCUT2D eigenvalue weighted by Gasteiger charge is -2.13. The number of hydrogen-bond acceptors (Lipinski definition) is 8. The first kappa shape index (κ1) is 22.0. The van der Waals surface area contributed by atoms with Crippen molar-refractivity contribution in [2.24, 2.45) is 0 Å². The molecule has 2 N–H and O–H groups in total. The summed E-state index contributed by atoms with van der Waals surface area (Å²) in [7, 11) is 1.39. The molecule has 1 aromatic heterocycles. The van der Waals surface area contributed by atoms with Gasteiger partial charge in [-0.2, -0.15) is 0 Å². The highest BCUT2D eigenvalue weighted by molar-refractivity contribution is 6.32. The highest BCUT2D eigenvalue weighted by atomic mass is 35.5. The zero-order valence-electron chi connectivity index (χ0n) is 16.4. The largest absolute Gasteiger partial charge is 0.495 e. The standard InChI is InChI=1S/C19H17ClFN5O5/c1-10(27)22-3-4-31-18-7-14-11(5-16(18)26(28)29)19(24-9-23-14)25-15-8-17(30-2)12(20)6-13(15)21/h5-9H,3-4H2,1-2H3,(H,22,27)(H,23,24,25). The van der Waals surface area contributed by atoms with E-state index in [2.05, 4.69) is 20.6 Å². The van der Waals surface area contributed by atoms with Gasteiger partial charge in [0.15, 0.2) is 5.75 Å². The lowest BCUT2D eigenvalue weighted by atomic mass is 10.2. The molecule has 31 heavy (non-hydrogen) atoms. The number of nitrogens with zero attached hydrogens (tertiary/aromatic N) is 3. The number of nitro benzene ring substituents is 1. The molecule has 3 aromatic rings. The molecule has 0 spiro atoms. The van der Waals surface area contributed by atoms with Gasteiger partial charge in [-0.1, -0.05) is 11.6 Å². The number of anilines is 2. The Balaban J connectivity index is 1.98. The Labute approximate surface area is 180 Å². The van der Waals surface area contributed by atoms with E-state index >= 15 is 0 Å². The van der Waals surface area contributed by atoms with Crippen LogP contribution in [0.2, 0.25) is 5.02 Å². The van der Waals surface area contributed by atoms with Crippen LogP contribution in [0.5, 0.6) is 11.5 Å². The molecular formula is C19H17ClFN5O5. The van der Waals surface area contributed by atoms with Crippen LogP contribution in [0.3, 0.4) is 0 Å². The minimum Gasteiger partial charge on any atom is -0.495 e. The van der Waals surface area contributed by atoms with E-state index in [4.69, 9.17) is 21.1 Å². The molecule has 1 heterocycles. The van der Waals surface area contributed by atoms with Crippen LogP contribution in [0.4, 0.5) is 21.6 Å². The molecule has 162 valence electrons. The summed E-state index contributed by atoms with van der Waals surface area (Å²) in [5.74, 6) is -0.547. The fraction of sp³-hybridized carbons (Fsp3) is 0.211. The van der Waals surface area contributed by atoms with Crippen molar-refractivity contribution >= 4 is 45.6 Å². The number of carbonyl (C=O) groups excluding carboxylic acids is 1. The molecule has 0 unspecified atom stereocenters. The van der Waals surface area contributed by atoms with Crippen molar-refractivity contribution in [2.45, 2.75) is 6.92 Å². The Morgan fingerprint density at radius 2 is 2.03 bits per heavy atom. The molecule has 0 saturated carbocycles. The fourth-order valence-corrected chi connectivity index (χ4v) is 2.95. The molecule has 0 aliphatic rings. The van der Waals surface area contributed by atoms with Crippen molar-refractivity contribution in [1.29, 1.82) is 0 Å². The molecule has 10 nitrogen and oxygen atoms in total. The summed E-state index contributed by atoms with van der Waals surface area (Å²) < 4.78 is 24.9. The van der Waals surface area contributed by atoms with Crippen molar-refractivity contribution in [2.75, 3.05) is 25.6 Å². The SMILES string of the molecule is COc1cc(Nc2ncnc3cc(OCCNC(C)=O)c([N+](=O)[O-])cc23)c(F)cc1Cl. The number of fused-ring (bicyclic) bond motifs is 1. The second kappa shape index (κ2) is 9.39. The van der Waals surface area contributed by atoms with Gasteiger partial charge in [0, 0.05) is 25.1 Å². The topological polar surface area (TPSA) is 129 Å². The number of nitro groups is 1. The Kier molecular flexibility index (Phi) is 6.65. The third kappa shape index (κ3) is 5.07. The third-order valence-electron chi connectivity index (χ3n) is 4.14. The number of carbonyl (C=O) groups is 1. The van der Waals surface area contributed by atoms with Crippen molar-refractivity contribution in [3.05, 3.63) is 51.5 Å². The van der Waals surface area contributed by atoms with Crippen LogP contribution in [-0.4, -0.2) is 41.1 Å². The molecule has 3 rings (SSSR count). The van der Waals surface area contributed by atoms with Gasteiger partial charge in [-0.15, -0.1) is 0 Å². The highest BCUT2D eigenvalue weighted by Crippen LogP contribution is 2.36. The van der Waals surface area contributed by atoms with Gasteiger partial charge < -0.3 is 20.1 Å². The number of halogens is 2. The maximum absolute atomic E-state index is 14.3. The van der Waals surface area contributed by atoms with Crippen molar-refractivity contribution in [1.82, 2.24) is 15.3 Å². The molecule has 0 fully saturated rings. The van der Waals surface area contributed by atoms with E-state index in [0.29, 0.717) is 5.52 Å². The van der Waals surface area contributed by atoms with E-state index in [1.165, 1.54) is 38.6 Å². The van der Waals surface area contributed by atoms with Crippen molar-refractivity contribution in [3.8, 4) is 11.5 Å². The number of methoxy groups -OCH3 is 1. The number of ether oxygens (including phenoxy) is 2. The van der Waals surface area contributed by atoms with E-state index in [-0.39, 0.29) is 58.2 Å². The third-order valence-corrected chi connectivity index (χ3v) is 4.44. The number of hydrogen-bond donors (Lipinski definition) is 2. The zero-order chi connectivity index (χ0) is 22.5. The zero-order valence-corrected chi connectivity index (χ0v) is 17.2. The van der Waals surface area contributed by atoms with Crippen LogP contribution in [0.15, 0.2) is 30.6 Å². The summed E-state index contributed by atoms with van der Waals surface area (Å²) in [5, 5.41) is 17.2. The first-order valence-corrected chi connectivity index (χ1v) is 9.28. The van der Waals surface area contributed by atoms with E-state index in [1.807, 2.05) is 0 Å². The van der Waals surface area contributed by atoms with E-state index in [1.54, 1.807) is 0 Å². The summed E-state index contributed by atoms with van der Waals surface area (Å²) >= 11 is 5.91. The van der Waals surface area contributed by atoms with Gasteiger partial charge in [0.05, 0.1) is 40.2 Å². The molecule has 1 amide bonds. The fourth-order valence-electron chi connectivity index (χ4n) is 2.73. The minimum atomic E-state index is -0.662. The summed E-state index contributed by atoms with van der Waals surface area (Å²) in [5.41, 5.74) is 0.0147. The molecular weight excluding hydrogens is 433 g/mol. The molecule has 12 heteroatoms. The van der Waals surface area contributed by atoms with Gasteiger partial charge in [0.2, 0.25) is 5.91 Å². The summed E-state index contributed by atoms with van der Waals surface area (Å²) in [6.07, 6.45) is 1.22. The second-order valence-electron chi connectivity index (χ2n) is 6.24. The van der Waals surface area contributed by atoms with Gasteiger partial charge in [-0.25, -0.2) is 14.4 Å². The lowest BCUT2D eigenvalue weighted by molar-refractivity contribution is -0.385. The first-order chi connectivity index (χ1) is 14.8. The maximum Gasteiger partial charge on any atom is 0.311 e. The lowest BCUT2D eigenvalue weighted by Crippen LogP contribution is -2.25. The molecule has 0 aliphatic carbocycles. The predicted octanol–water partition coefficient (Wildman–Crippen LogP) is 3.60. The molecule has 0 bridgehead atoms. The number of nitrogens with one attached hydrogen (secondary N) is 2. The van der Waals surface area contributed by atoms with Gasteiger partial charge in [0.1, 0.15) is 30.3 Å². The van der Waals surface area contributed by atoms with E-state index in [0.717, 1.165) is 6.07 Å². The van der Waals surface area contributed by atoms with Crippen molar-refractivity contribution < 1.29 is 23.6 Å². The molecule has 0 radical (unpaired) electrons. The Bertz CT molecular complexity index is 1160. The van der Waals surface area contributed by atoms with Gasteiger partial charge in [-0.3, -0.25) is 14.9 Å². The number of rotatable bonds is 8. The summed E-state index contributed by atoms with van der Waals surface area (Å²) in [4.78, 5) is 30.1. The summed E-state index contributed by atoms with van der Waals surface area (Å²) in [6.45, 7) is 1.56. The number of amides is 1. The number of benzene rings is 2. The highest BCUT2D eigenvalue weighted by Gasteiger charge is 2.20. The van der Waals surface area contributed by atoms with Crippen LogP contribution in [0.1, 0.15) is 6.92 Å². The monoisotopic (exact) mass is 449 g/mol. The average Bonchev–Trinajstić information content (AvgIpc) is 2.72. The van der Waals surface area contributed by atoms with Crippen LogP contribution in [-0.2, 0) is 4.79 Å². The Hall–Kier alpha value is -3.73. The molecule has 2 aromatic carbocycles. The van der Waals surface area contributed by atoms with Gasteiger partial charge in [0.25, 0.3) is 0 Å². The predicted molar refractivity (Wildman–Crippen MR) is 112 cm³/mol. The molecule has 0 saturated heterocycles. The summed E-state index contributed by atoms with van der Waals surface area (Å²) in [6, 6.07) is 5.04. The van der Waals surface area contributed by atoms with Crippen LogP contribution in [0, 0.1) is 15.9 Å². The van der Waals surface area contributed by atoms with Crippen molar-refractivity contribution in [3.63, 3.8) is 0 Å².